The molecule has 0 amide bonds. The molecule has 1 aliphatic carbocycles. The standard InChI is InChI=1S/C30H42N4/c1-30(2,3)24-14-10-22(11-15-24)18-19-31-21-23-12-16-25(17-13-23)32-29-20-28(34(4)5)26-8-6-7-9-27(26)33-29/h6-11,14-15,20,23,25,31H,12-13,16-19,21H2,1-5H3,(H,32,33)/t23-,25+. The van der Waals surface area contributed by atoms with Crippen LogP contribution in [0.3, 0.4) is 0 Å². The minimum absolute atomic E-state index is 0.226. The smallest absolute Gasteiger partial charge is 0.128 e. The van der Waals surface area contributed by atoms with Crippen molar-refractivity contribution in [3.8, 4) is 0 Å². The first-order valence-corrected chi connectivity index (χ1v) is 12.9. The van der Waals surface area contributed by atoms with E-state index in [2.05, 4.69) is 105 Å². The van der Waals surface area contributed by atoms with E-state index in [4.69, 9.17) is 4.98 Å². The van der Waals surface area contributed by atoms with Crippen LogP contribution in [0, 0.1) is 5.92 Å². The molecule has 34 heavy (non-hydrogen) atoms. The molecule has 0 radical (unpaired) electrons. The number of pyridine rings is 1. The minimum Gasteiger partial charge on any atom is -0.377 e. The van der Waals surface area contributed by atoms with Crippen LogP contribution in [0.5, 0.6) is 0 Å². The van der Waals surface area contributed by atoms with E-state index in [0.29, 0.717) is 6.04 Å². The lowest BCUT2D eigenvalue weighted by Crippen LogP contribution is -2.32. The molecule has 1 fully saturated rings. The molecule has 0 saturated heterocycles. The topological polar surface area (TPSA) is 40.2 Å². The summed E-state index contributed by atoms with van der Waals surface area (Å²) in [4.78, 5) is 7.07. The molecular formula is C30H42N4. The Labute approximate surface area is 206 Å². The van der Waals surface area contributed by atoms with Crippen LogP contribution in [0.25, 0.3) is 10.9 Å². The number of rotatable bonds is 8. The molecule has 0 atom stereocenters. The van der Waals surface area contributed by atoms with Crippen LogP contribution in [0.2, 0.25) is 0 Å². The molecule has 4 nitrogen and oxygen atoms in total. The summed E-state index contributed by atoms with van der Waals surface area (Å²) < 4.78 is 0. The van der Waals surface area contributed by atoms with E-state index in [1.54, 1.807) is 0 Å². The Hall–Kier alpha value is -2.59. The Morgan fingerprint density at radius 1 is 0.941 bits per heavy atom. The number of hydrogen-bond donors (Lipinski definition) is 2. The zero-order valence-electron chi connectivity index (χ0n) is 21.7. The van der Waals surface area contributed by atoms with Crippen molar-refractivity contribution in [3.63, 3.8) is 0 Å². The fourth-order valence-electron chi connectivity index (χ4n) is 5.03. The number of nitrogens with one attached hydrogen (secondary N) is 2. The Balaban J connectivity index is 1.21. The summed E-state index contributed by atoms with van der Waals surface area (Å²) in [5, 5.41) is 8.66. The second-order valence-electron chi connectivity index (χ2n) is 11.2. The molecule has 0 spiro atoms. The van der Waals surface area contributed by atoms with Crippen LogP contribution in [0.1, 0.15) is 57.6 Å². The summed E-state index contributed by atoms with van der Waals surface area (Å²) in [6.45, 7) is 9.00. The van der Waals surface area contributed by atoms with Gasteiger partial charge in [-0.15, -0.1) is 0 Å². The first-order valence-electron chi connectivity index (χ1n) is 12.9. The van der Waals surface area contributed by atoms with Crippen molar-refractivity contribution < 1.29 is 0 Å². The van der Waals surface area contributed by atoms with Gasteiger partial charge in [0, 0.05) is 37.3 Å². The fourth-order valence-corrected chi connectivity index (χ4v) is 5.03. The predicted octanol–water partition coefficient (Wildman–Crippen LogP) is 6.40. The van der Waals surface area contributed by atoms with Crippen LogP contribution in [0.4, 0.5) is 11.5 Å². The van der Waals surface area contributed by atoms with Crippen LogP contribution in [-0.2, 0) is 11.8 Å². The number of benzene rings is 2. The lowest BCUT2D eigenvalue weighted by Gasteiger charge is -2.30. The summed E-state index contributed by atoms with van der Waals surface area (Å²) in [6, 6.07) is 20.3. The van der Waals surface area contributed by atoms with Gasteiger partial charge in [-0.1, -0.05) is 63.2 Å². The van der Waals surface area contributed by atoms with E-state index in [0.717, 1.165) is 36.8 Å². The van der Waals surface area contributed by atoms with Gasteiger partial charge in [0.05, 0.1) is 5.52 Å². The third-order valence-corrected chi connectivity index (χ3v) is 7.22. The van der Waals surface area contributed by atoms with Crippen LogP contribution in [-0.4, -0.2) is 38.2 Å². The van der Waals surface area contributed by atoms with Crippen molar-refractivity contribution >= 4 is 22.4 Å². The summed E-state index contributed by atoms with van der Waals surface area (Å²) in [5.74, 6) is 1.78. The third-order valence-electron chi connectivity index (χ3n) is 7.22. The molecule has 1 aromatic heterocycles. The van der Waals surface area contributed by atoms with E-state index in [1.165, 1.54) is 47.9 Å². The molecule has 182 valence electrons. The zero-order chi connectivity index (χ0) is 24.1. The number of aromatic nitrogens is 1. The largest absolute Gasteiger partial charge is 0.377 e. The summed E-state index contributed by atoms with van der Waals surface area (Å²) in [5.41, 5.74) is 5.34. The Morgan fingerprint density at radius 3 is 2.32 bits per heavy atom. The van der Waals surface area contributed by atoms with Crippen molar-refractivity contribution in [3.05, 3.63) is 65.7 Å². The molecular weight excluding hydrogens is 416 g/mol. The van der Waals surface area contributed by atoms with Gasteiger partial charge in [-0.3, -0.25) is 0 Å². The average Bonchev–Trinajstić information content (AvgIpc) is 2.82. The highest BCUT2D eigenvalue weighted by Gasteiger charge is 2.21. The van der Waals surface area contributed by atoms with Gasteiger partial charge in [0.25, 0.3) is 0 Å². The molecule has 0 bridgehead atoms. The molecule has 1 aliphatic rings. The predicted molar refractivity (Wildman–Crippen MR) is 147 cm³/mol. The maximum Gasteiger partial charge on any atom is 0.128 e. The molecule has 1 heterocycles. The van der Waals surface area contributed by atoms with Gasteiger partial charge >= 0.3 is 0 Å². The van der Waals surface area contributed by atoms with E-state index in [-0.39, 0.29) is 5.41 Å². The number of nitrogens with zero attached hydrogens (tertiary/aromatic N) is 2. The monoisotopic (exact) mass is 458 g/mol. The highest BCUT2D eigenvalue weighted by molar-refractivity contribution is 5.93. The second kappa shape index (κ2) is 10.8. The van der Waals surface area contributed by atoms with Gasteiger partial charge in [-0.25, -0.2) is 4.98 Å². The van der Waals surface area contributed by atoms with Gasteiger partial charge in [0.15, 0.2) is 0 Å². The van der Waals surface area contributed by atoms with Crippen LogP contribution >= 0.6 is 0 Å². The Morgan fingerprint density at radius 2 is 1.65 bits per heavy atom. The number of para-hydroxylation sites is 1. The summed E-state index contributed by atoms with van der Waals surface area (Å²) in [7, 11) is 4.20. The quantitative estimate of drug-likeness (QED) is 0.383. The van der Waals surface area contributed by atoms with Crippen LogP contribution in [0.15, 0.2) is 54.6 Å². The van der Waals surface area contributed by atoms with Gasteiger partial charge < -0.3 is 15.5 Å². The second-order valence-corrected chi connectivity index (χ2v) is 11.2. The lowest BCUT2D eigenvalue weighted by atomic mass is 9.86. The molecule has 1 saturated carbocycles. The lowest BCUT2D eigenvalue weighted by molar-refractivity contribution is 0.325. The SMILES string of the molecule is CN(C)c1cc(N[C@H]2CC[C@@H](CNCCc3ccc(C(C)(C)C)cc3)CC2)nc2ccccc12. The first kappa shape index (κ1) is 24.5. The number of fused-ring (bicyclic) bond motifs is 1. The van der Waals surface area contributed by atoms with Crippen molar-refractivity contribution in [1.29, 1.82) is 0 Å². The van der Waals surface area contributed by atoms with Crippen molar-refractivity contribution in [2.45, 2.75) is 64.3 Å². The maximum atomic E-state index is 4.89. The average molecular weight is 459 g/mol. The molecule has 3 aromatic rings. The normalized spacial score (nSPS) is 18.7. The molecule has 4 heteroatoms. The molecule has 2 aromatic carbocycles. The molecule has 0 unspecified atom stereocenters. The van der Waals surface area contributed by atoms with E-state index >= 15 is 0 Å². The minimum atomic E-state index is 0.226. The van der Waals surface area contributed by atoms with E-state index in [1.807, 2.05) is 0 Å². The van der Waals surface area contributed by atoms with Crippen molar-refractivity contribution in [2.75, 3.05) is 37.4 Å². The van der Waals surface area contributed by atoms with Gasteiger partial charge in [0.1, 0.15) is 5.82 Å². The Kier molecular flexibility index (Phi) is 7.77. The third kappa shape index (κ3) is 6.29. The summed E-state index contributed by atoms with van der Waals surface area (Å²) in [6.07, 6.45) is 6.08. The van der Waals surface area contributed by atoms with Crippen molar-refractivity contribution in [2.24, 2.45) is 5.92 Å². The van der Waals surface area contributed by atoms with Crippen molar-refractivity contribution in [1.82, 2.24) is 10.3 Å². The molecule has 2 N–H and O–H groups in total. The van der Waals surface area contributed by atoms with Crippen LogP contribution < -0.4 is 15.5 Å². The molecule has 0 aliphatic heterocycles. The fraction of sp³-hybridized carbons (Fsp3) is 0.500. The van der Waals surface area contributed by atoms with Gasteiger partial charge in [-0.05, 0) is 73.7 Å². The number of hydrogen-bond acceptors (Lipinski definition) is 4. The van der Waals surface area contributed by atoms with Gasteiger partial charge in [0.2, 0.25) is 0 Å². The molecule has 4 rings (SSSR count). The highest BCUT2D eigenvalue weighted by atomic mass is 15.1. The zero-order valence-corrected chi connectivity index (χ0v) is 21.7. The van der Waals surface area contributed by atoms with E-state index < -0.39 is 0 Å². The summed E-state index contributed by atoms with van der Waals surface area (Å²) >= 11 is 0. The highest BCUT2D eigenvalue weighted by Crippen LogP contribution is 2.30. The Bertz CT molecular complexity index is 1060. The van der Waals surface area contributed by atoms with E-state index in [9.17, 15) is 0 Å². The maximum absolute atomic E-state index is 4.89. The number of anilines is 2. The first-order chi connectivity index (χ1) is 16.3. The van der Waals surface area contributed by atoms with Gasteiger partial charge in [-0.2, -0.15) is 0 Å².